The van der Waals surface area contributed by atoms with E-state index < -0.39 is 0 Å². The molecule has 3 nitrogen and oxygen atoms in total. The Kier molecular flexibility index (Phi) is 6.01. The van der Waals surface area contributed by atoms with Crippen LogP contribution in [0.4, 0.5) is 0 Å². The Balaban J connectivity index is 1.83. The molecule has 2 rings (SSSR count). The summed E-state index contributed by atoms with van der Waals surface area (Å²) in [5.74, 6) is 1.63. The molecule has 18 heavy (non-hydrogen) atoms. The van der Waals surface area contributed by atoms with E-state index >= 15 is 0 Å². The molecule has 0 amide bonds. The highest BCUT2D eigenvalue weighted by Gasteiger charge is 2.17. The fraction of sp³-hybridized carbons (Fsp3) is 0.786. The number of alkyl halides is 1. The highest BCUT2D eigenvalue weighted by atomic mass is 35.5. The molecule has 1 saturated carbocycles. The van der Waals surface area contributed by atoms with Gasteiger partial charge in [0.15, 0.2) is 0 Å². The van der Waals surface area contributed by atoms with Gasteiger partial charge in [-0.25, -0.2) is 4.98 Å². The molecule has 0 aliphatic heterocycles. The average molecular weight is 270 g/mol. The zero-order chi connectivity index (χ0) is 12.6. The molecule has 0 bridgehead atoms. The summed E-state index contributed by atoms with van der Waals surface area (Å²) in [5.41, 5.74) is 1.14. The predicted octanol–water partition coefficient (Wildman–Crippen LogP) is 3.42. The fourth-order valence-corrected chi connectivity index (χ4v) is 2.98. The molecule has 0 aromatic carbocycles. The molecule has 1 heterocycles. The van der Waals surface area contributed by atoms with E-state index in [1.165, 1.54) is 38.6 Å². The maximum Gasteiger partial charge on any atom is 0.0923 e. The van der Waals surface area contributed by atoms with Crippen molar-refractivity contribution in [2.45, 2.75) is 45.1 Å². The van der Waals surface area contributed by atoms with Crippen LogP contribution < -0.4 is 0 Å². The van der Waals surface area contributed by atoms with Crippen molar-refractivity contribution in [2.24, 2.45) is 5.92 Å². The van der Waals surface area contributed by atoms with Crippen molar-refractivity contribution in [3.05, 3.63) is 18.2 Å². The van der Waals surface area contributed by atoms with Crippen LogP contribution in [0.25, 0.3) is 0 Å². The third kappa shape index (κ3) is 4.62. The van der Waals surface area contributed by atoms with Gasteiger partial charge in [0.25, 0.3) is 0 Å². The highest BCUT2D eigenvalue weighted by molar-refractivity contribution is 6.17. The van der Waals surface area contributed by atoms with Gasteiger partial charge in [0.05, 0.1) is 12.0 Å². The predicted molar refractivity (Wildman–Crippen MR) is 75.8 cm³/mol. The monoisotopic (exact) mass is 269 g/mol. The van der Waals surface area contributed by atoms with E-state index in [0.29, 0.717) is 0 Å². The van der Waals surface area contributed by atoms with Gasteiger partial charge in [-0.2, -0.15) is 0 Å². The topological polar surface area (TPSA) is 31.9 Å². The smallest absolute Gasteiger partial charge is 0.0923 e. The zero-order valence-corrected chi connectivity index (χ0v) is 11.8. The molecule has 1 aliphatic carbocycles. The summed E-state index contributed by atoms with van der Waals surface area (Å²) in [4.78, 5) is 9.88. The summed E-state index contributed by atoms with van der Waals surface area (Å²) in [5, 5.41) is 0. The number of aromatic amines is 1. The Morgan fingerprint density at radius 3 is 2.83 bits per heavy atom. The Morgan fingerprint density at radius 2 is 2.17 bits per heavy atom. The lowest BCUT2D eigenvalue weighted by molar-refractivity contribution is 0.193. The molecule has 4 heteroatoms. The van der Waals surface area contributed by atoms with E-state index in [9.17, 15) is 0 Å². The van der Waals surface area contributed by atoms with Crippen molar-refractivity contribution in [1.29, 1.82) is 0 Å². The largest absolute Gasteiger partial charge is 0.351 e. The van der Waals surface area contributed by atoms with E-state index in [-0.39, 0.29) is 0 Å². The van der Waals surface area contributed by atoms with Gasteiger partial charge in [-0.15, -0.1) is 11.6 Å². The van der Waals surface area contributed by atoms with Crippen LogP contribution >= 0.6 is 11.6 Å². The molecule has 0 spiro atoms. The molecule has 1 N–H and O–H groups in total. The Bertz CT molecular complexity index is 307. The number of halogens is 1. The van der Waals surface area contributed by atoms with Crippen LogP contribution in [0.5, 0.6) is 0 Å². The van der Waals surface area contributed by atoms with Crippen LogP contribution in [-0.2, 0) is 6.54 Å². The Morgan fingerprint density at radius 1 is 1.33 bits per heavy atom. The van der Waals surface area contributed by atoms with Gasteiger partial charge in [0.1, 0.15) is 0 Å². The van der Waals surface area contributed by atoms with Crippen LogP contribution in [0.3, 0.4) is 0 Å². The SMILES string of the molecule is ClCCCN(Cc1c[nH]cn1)CC1CCCCC1. The minimum atomic E-state index is 0.752. The standard InChI is InChI=1S/C14H24ClN3/c15-7-4-8-18(11-14-9-16-12-17-14)10-13-5-2-1-3-6-13/h9,12-13H,1-8,10-11H2,(H,16,17). The second-order valence-electron chi connectivity index (χ2n) is 5.34. The lowest BCUT2D eigenvalue weighted by Gasteiger charge is -2.29. The number of nitrogens with one attached hydrogen (secondary N) is 1. The maximum atomic E-state index is 5.82. The summed E-state index contributed by atoms with van der Waals surface area (Å²) in [6.07, 6.45) is 11.9. The molecule has 1 aromatic heterocycles. The number of hydrogen-bond acceptors (Lipinski definition) is 2. The molecule has 0 radical (unpaired) electrons. The molecular weight excluding hydrogens is 246 g/mol. The second-order valence-corrected chi connectivity index (χ2v) is 5.72. The Hall–Kier alpha value is -0.540. The van der Waals surface area contributed by atoms with E-state index in [0.717, 1.165) is 37.0 Å². The molecule has 0 saturated heterocycles. The molecule has 1 fully saturated rings. The van der Waals surface area contributed by atoms with Crippen molar-refractivity contribution in [3.8, 4) is 0 Å². The lowest BCUT2D eigenvalue weighted by atomic mass is 9.89. The summed E-state index contributed by atoms with van der Waals surface area (Å²) >= 11 is 5.82. The number of H-pyrrole nitrogens is 1. The zero-order valence-electron chi connectivity index (χ0n) is 11.1. The third-order valence-electron chi connectivity index (χ3n) is 3.79. The van der Waals surface area contributed by atoms with Gasteiger partial charge < -0.3 is 4.98 Å². The summed E-state index contributed by atoms with van der Waals surface area (Å²) < 4.78 is 0. The molecular formula is C14H24ClN3. The highest BCUT2D eigenvalue weighted by Crippen LogP contribution is 2.24. The van der Waals surface area contributed by atoms with Crippen molar-refractivity contribution < 1.29 is 0 Å². The van der Waals surface area contributed by atoms with Crippen molar-refractivity contribution in [1.82, 2.24) is 14.9 Å². The second kappa shape index (κ2) is 7.80. The Labute approximate surface area is 115 Å². The number of aromatic nitrogens is 2. The molecule has 1 aromatic rings. The van der Waals surface area contributed by atoms with E-state index in [1.807, 2.05) is 6.20 Å². The summed E-state index contributed by atoms with van der Waals surface area (Å²) in [7, 11) is 0. The van der Waals surface area contributed by atoms with Gasteiger partial charge in [-0.1, -0.05) is 19.3 Å². The van der Waals surface area contributed by atoms with Crippen LogP contribution in [0, 0.1) is 5.92 Å². The minimum Gasteiger partial charge on any atom is -0.351 e. The number of nitrogens with zero attached hydrogens (tertiary/aromatic N) is 2. The average Bonchev–Trinajstić information content (AvgIpc) is 2.90. The molecule has 1 aliphatic rings. The van der Waals surface area contributed by atoms with Gasteiger partial charge in [-0.3, -0.25) is 4.90 Å². The number of hydrogen-bond donors (Lipinski definition) is 1. The van der Waals surface area contributed by atoms with E-state index in [4.69, 9.17) is 11.6 Å². The first-order valence-corrected chi connectivity index (χ1v) is 7.68. The third-order valence-corrected chi connectivity index (χ3v) is 4.06. The van der Waals surface area contributed by atoms with Gasteiger partial charge >= 0.3 is 0 Å². The van der Waals surface area contributed by atoms with Gasteiger partial charge in [-0.05, 0) is 31.7 Å². The van der Waals surface area contributed by atoms with Crippen molar-refractivity contribution >= 4 is 11.6 Å². The molecule has 0 unspecified atom stereocenters. The van der Waals surface area contributed by atoms with Gasteiger partial charge in [0.2, 0.25) is 0 Å². The first-order valence-electron chi connectivity index (χ1n) is 7.14. The normalized spacial score (nSPS) is 17.4. The first kappa shape index (κ1) is 13.9. The molecule has 102 valence electrons. The summed E-state index contributed by atoms with van der Waals surface area (Å²) in [6.45, 7) is 3.26. The first-order chi connectivity index (χ1) is 8.88. The number of rotatable bonds is 7. The fourth-order valence-electron chi connectivity index (χ4n) is 2.86. The maximum absolute atomic E-state index is 5.82. The summed E-state index contributed by atoms with van der Waals surface area (Å²) in [6, 6.07) is 0. The van der Waals surface area contributed by atoms with Crippen molar-refractivity contribution in [3.63, 3.8) is 0 Å². The van der Waals surface area contributed by atoms with E-state index in [1.54, 1.807) is 6.33 Å². The lowest BCUT2D eigenvalue weighted by Crippen LogP contribution is -2.31. The quantitative estimate of drug-likeness (QED) is 0.769. The van der Waals surface area contributed by atoms with Crippen LogP contribution in [0.2, 0.25) is 0 Å². The number of imidazole rings is 1. The van der Waals surface area contributed by atoms with Crippen LogP contribution in [0.15, 0.2) is 12.5 Å². The van der Waals surface area contributed by atoms with Crippen LogP contribution in [0.1, 0.15) is 44.2 Å². The van der Waals surface area contributed by atoms with Crippen LogP contribution in [-0.4, -0.2) is 33.8 Å². The van der Waals surface area contributed by atoms with E-state index in [2.05, 4.69) is 14.9 Å². The molecule has 0 atom stereocenters. The minimum absolute atomic E-state index is 0.752. The van der Waals surface area contributed by atoms with Gasteiger partial charge in [0, 0.05) is 25.2 Å². The van der Waals surface area contributed by atoms with Crippen molar-refractivity contribution in [2.75, 3.05) is 19.0 Å².